The van der Waals surface area contributed by atoms with Gasteiger partial charge in [0, 0.05) is 11.1 Å². The minimum Gasteiger partial charge on any atom is -0.494 e. The van der Waals surface area contributed by atoms with Crippen LogP contribution in [0.4, 0.5) is 0 Å². The monoisotopic (exact) mass is 350 g/mol. The van der Waals surface area contributed by atoms with Crippen molar-refractivity contribution in [3.63, 3.8) is 0 Å². The highest BCUT2D eigenvalue weighted by Crippen LogP contribution is 2.11. The van der Waals surface area contributed by atoms with Gasteiger partial charge in [-0.15, -0.1) is 0 Å². The molecule has 0 aliphatic heterocycles. The maximum atomic E-state index is 12.0. The van der Waals surface area contributed by atoms with Gasteiger partial charge in [-0.05, 0) is 58.9 Å². The molecular formula is C18H26N2O5. The molecular weight excluding hydrogens is 324 g/mol. The number of nitrogens with one attached hydrogen (secondary N) is 2. The van der Waals surface area contributed by atoms with E-state index in [2.05, 4.69) is 10.6 Å². The van der Waals surface area contributed by atoms with Crippen LogP contribution in [0.3, 0.4) is 0 Å². The van der Waals surface area contributed by atoms with Gasteiger partial charge in [0.1, 0.15) is 12.3 Å². The van der Waals surface area contributed by atoms with Crippen LogP contribution >= 0.6 is 0 Å². The molecule has 0 aliphatic carbocycles. The number of ether oxygens (including phenoxy) is 2. The number of benzene rings is 1. The molecule has 0 spiro atoms. The predicted octanol–water partition coefficient (Wildman–Crippen LogP) is 1.66. The van der Waals surface area contributed by atoms with Gasteiger partial charge in [0.05, 0.1) is 6.61 Å². The molecule has 1 atom stereocenters. The first-order valence-corrected chi connectivity index (χ1v) is 8.15. The van der Waals surface area contributed by atoms with E-state index in [1.54, 1.807) is 24.3 Å². The third kappa shape index (κ3) is 7.69. The van der Waals surface area contributed by atoms with Crippen molar-refractivity contribution in [1.29, 1.82) is 0 Å². The van der Waals surface area contributed by atoms with Crippen LogP contribution in [-0.4, -0.2) is 42.6 Å². The van der Waals surface area contributed by atoms with Gasteiger partial charge in [0.15, 0.2) is 6.10 Å². The van der Waals surface area contributed by atoms with Gasteiger partial charge in [-0.1, -0.05) is 0 Å². The molecule has 1 rings (SSSR count). The molecule has 1 aromatic carbocycles. The first-order chi connectivity index (χ1) is 11.6. The fraction of sp³-hybridized carbons (Fsp3) is 0.500. The average molecular weight is 350 g/mol. The van der Waals surface area contributed by atoms with Gasteiger partial charge in [-0.3, -0.25) is 14.4 Å². The van der Waals surface area contributed by atoms with Crippen LogP contribution in [-0.2, 0) is 14.3 Å². The van der Waals surface area contributed by atoms with Crippen molar-refractivity contribution < 1.29 is 23.9 Å². The first kappa shape index (κ1) is 20.5. The Labute approximate surface area is 148 Å². The lowest BCUT2D eigenvalue weighted by molar-refractivity contribution is -0.154. The van der Waals surface area contributed by atoms with E-state index in [-0.39, 0.29) is 6.54 Å². The molecule has 7 heteroatoms. The fourth-order valence-corrected chi connectivity index (χ4v) is 1.89. The summed E-state index contributed by atoms with van der Waals surface area (Å²) in [4.78, 5) is 35.6. The lowest BCUT2D eigenvalue weighted by Crippen LogP contribution is -2.46. The standard InChI is InChI=1S/C18H26N2O5/c1-6-24-14-9-7-13(8-10-14)17(23)19-11-15(21)25-12(2)16(22)20-18(3,4)5/h7-10,12H,6,11H2,1-5H3,(H,19,23)(H,20,22)/t12-/m0/s1. The summed E-state index contributed by atoms with van der Waals surface area (Å²) in [5.41, 5.74) is -0.0191. The van der Waals surface area contributed by atoms with E-state index >= 15 is 0 Å². The topological polar surface area (TPSA) is 93.7 Å². The number of carbonyl (C=O) groups is 3. The van der Waals surface area contributed by atoms with E-state index in [1.165, 1.54) is 6.92 Å². The summed E-state index contributed by atoms with van der Waals surface area (Å²) in [5.74, 6) is -0.821. The van der Waals surface area contributed by atoms with Crippen LogP contribution in [0.5, 0.6) is 5.75 Å². The first-order valence-electron chi connectivity index (χ1n) is 8.15. The minimum atomic E-state index is -0.936. The van der Waals surface area contributed by atoms with Crippen molar-refractivity contribution in [3.05, 3.63) is 29.8 Å². The summed E-state index contributed by atoms with van der Waals surface area (Å²) in [6.07, 6.45) is -0.936. The van der Waals surface area contributed by atoms with E-state index in [0.29, 0.717) is 17.9 Å². The van der Waals surface area contributed by atoms with E-state index in [4.69, 9.17) is 9.47 Å². The zero-order valence-electron chi connectivity index (χ0n) is 15.3. The average Bonchev–Trinajstić information content (AvgIpc) is 2.52. The zero-order valence-corrected chi connectivity index (χ0v) is 15.3. The molecule has 0 heterocycles. The third-order valence-electron chi connectivity index (χ3n) is 3.00. The quantitative estimate of drug-likeness (QED) is 0.730. The van der Waals surface area contributed by atoms with Crippen LogP contribution < -0.4 is 15.4 Å². The summed E-state index contributed by atoms with van der Waals surface area (Å²) in [6, 6.07) is 6.56. The van der Waals surface area contributed by atoms with Gasteiger partial charge in [-0.25, -0.2) is 0 Å². The van der Waals surface area contributed by atoms with Crippen molar-refractivity contribution in [2.75, 3.05) is 13.2 Å². The maximum Gasteiger partial charge on any atom is 0.326 e. The Morgan fingerprint density at radius 2 is 1.72 bits per heavy atom. The lowest BCUT2D eigenvalue weighted by Gasteiger charge is -2.23. The molecule has 1 aromatic rings. The number of hydrogen-bond acceptors (Lipinski definition) is 5. The van der Waals surface area contributed by atoms with Gasteiger partial charge < -0.3 is 20.1 Å². The SMILES string of the molecule is CCOc1ccc(C(=O)NCC(=O)O[C@@H](C)C(=O)NC(C)(C)C)cc1. The van der Waals surface area contributed by atoms with Gasteiger partial charge >= 0.3 is 5.97 Å². The second kappa shape index (κ2) is 9.05. The van der Waals surface area contributed by atoms with Crippen molar-refractivity contribution in [3.8, 4) is 5.75 Å². The predicted molar refractivity (Wildman–Crippen MR) is 93.4 cm³/mol. The number of amides is 2. The molecule has 2 amide bonds. The summed E-state index contributed by atoms with van der Waals surface area (Å²) in [5, 5.41) is 5.17. The van der Waals surface area contributed by atoms with Crippen molar-refractivity contribution >= 4 is 17.8 Å². The number of esters is 1. The number of carbonyl (C=O) groups excluding carboxylic acids is 3. The zero-order chi connectivity index (χ0) is 19.0. The molecule has 0 bridgehead atoms. The van der Waals surface area contributed by atoms with Gasteiger partial charge in [0.25, 0.3) is 11.8 Å². The van der Waals surface area contributed by atoms with Crippen LogP contribution in [0.15, 0.2) is 24.3 Å². The molecule has 2 N–H and O–H groups in total. The van der Waals surface area contributed by atoms with E-state index < -0.39 is 29.4 Å². The van der Waals surface area contributed by atoms with Gasteiger partial charge in [0.2, 0.25) is 0 Å². The highest BCUT2D eigenvalue weighted by atomic mass is 16.5. The molecule has 0 aliphatic rings. The van der Waals surface area contributed by atoms with Crippen molar-refractivity contribution in [2.45, 2.75) is 46.3 Å². The molecule has 25 heavy (non-hydrogen) atoms. The minimum absolute atomic E-state index is 0.320. The Hall–Kier alpha value is -2.57. The van der Waals surface area contributed by atoms with E-state index in [1.807, 2.05) is 27.7 Å². The van der Waals surface area contributed by atoms with E-state index in [9.17, 15) is 14.4 Å². The Morgan fingerprint density at radius 1 is 1.12 bits per heavy atom. The van der Waals surface area contributed by atoms with Crippen LogP contribution in [0.25, 0.3) is 0 Å². The Morgan fingerprint density at radius 3 is 2.24 bits per heavy atom. The molecule has 0 radical (unpaired) electrons. The maximum absolute atomic E-state index is 12.0. The molecule has 0 fully saturated rings. The third-order valence-corrected chi connectivity index (χ3v) is 3.00. The lowest BCUT2D eigenvalue weighted by atomic mass is 10.1. The normalized spacial score (nSPS) is 12.0. The second-order valence-corrected chi connectivity index (χ2v) is 6.51. The van der Waals surface area contributed by atoms with Gasteiger partial charge in [-0.2, -0.15) is 0 Å². The molecule has 0 aromatic heterocycles. The highest BCUT2D eigenvalue weighted by Gasteiger charge is 2.22. The van der Waals surface area contributed by atoms with Crippen molar-refractivity contribution in [1.82, 2.24) is 10.6 Å². The van der Waals surface area contributed by atoms with Crippen molar-refractivity contribution in [2.24, 2.45) is 0 Å². The fourth-order valence-electron chi connectivity index (χ4n) is 1.89. The molecule has 138 valence electrons. The largest absolute Gasteiger partial charge is 0.494 e. The summed E-state index contributed by atoms with van der Waals surface area (Å²) in [7, 11) is 0. The Balaban J connectivity index is 2.44. The Kier molecular flexibility index (Phi) is 7.42. The molecule has 0 saturated carbocycles. The molecule has 0 unspecified atom stereocenters. The second-order valence-electron chi connectivity index (χ2n) is 6.51. The highest BCUT2D eigenvalue weighted by molar-refractivity contribution is 5.96. The van der Waals surface area contributed by atoms with Crippen LogP contribution in [0.1, 0.15) is 45.0 Å². The Bertz CT molecular complexity index is 605. The smallest absolute Gasteiger partial charge is 0.326 e. The summed E-state index contributed by atoms with van der Waals surface area (Å²) >= 11 is 0. The summed E-state index contributed by atoms with van der Waals surface area (Å²) in [6.45, 7) is 9.06. The number of rotatable bonds is 7. The van der Waals surface area contributed by atoms with Crippen LogP contribution in [0, 0.1) is 0 Å². The van der Waals surface area contributed by atoms with E-state index in [0.717, 1.165) is 0 Å². The summed E-state index contributed by atoms with van der Waals surface area (Å²) < 4.78 is 10.3. The number of hydrogen-bond donors (Lipinski definition) is 2. The van der Waals surface area contributed by atoms with Crippen LogP contribution in [0.2, 0.25) is 0 Å². The molecule has 0 saturated heterocycles. The molecule has 7 nitrogen and oxygen atoms in total.